The van der Waals surface area contributed by atoms with Crippen LogP contribution >= 0.6 is 0 Å². The maximum absolute atomic E-state index is 5.70. The summed E-state index contributed by atoms with van der Waals surface area (Å²) in [6.07, 6.45) is 3.08. The predicted octanol–water partition coefficient (Wildman–Crippen LogP) is 1.93. The minimum atomic E-state index is -0.0174. The Morgan fingerprint density at radius 3 is 2.62 bits per heavy atom. The zero-order chi connectivity index (χ0) is 10.8. The van der Waals surface area contributed by atoms with Gasteiger partial charge < -0.3 is 10.2 Å². The Morgan fingerprint density at radius 2 is 1.88 bits per heavy atom. The van der Waals surface area contributed by atoms with Gasteiger partial charge in [-0.2, -0.15) is 0 Å². The van der Waals surface area contributed by atoms with Crippen molar-refractivity contribution in [2.45, 2.75) is 24.9 Å². The van der Waals surface area contributed by atoms with Crippen molar-refractivity contribution in [2.24, 2.45) is 5.16 Å². The molecule has 0 amide bonds. The van der Waals surface area contributed by atoms with Crippen LogP contribution < -0.4 is 5.32 Å². The molecule has 0 radical (unpaired) electrons. The van der Waals surface area contributed by atoms with Crippen LogP contribution in [-0.2, 0) is 4.84 Å². The third-order valence-electron chi connectivity index (χ3n) is 3.46. The normalized spacial score (nSPS) is 22.9. The van der Waals surface area contributed by atoms with E-state index in [2.05, 4.69) is 22.6 Å². The molecule has 2 aliphatic rings. The summed E-state index contributed by atoms with van der Waals surface area (Å²) in [5, 5.41) is 7.63. The van der Waals surface area contributed by atoms with E-state index in [9.17, 15) is 0 Å². The second kappa shape index (κ2) is 3.91. The Labute approximate surface area is 95.5 Å². The van der Waals surface area contributed by atoms with Crippen LogP contribution in [0.3, 0.4) is 0 Å². The minimum Gasteiger partial charge on any atom is -0.388 e. The summed E-state index contributed by atoms with van der Waals surface area (Å²) in [5.41, 5.74) is 2.27. The average molecular weight is 216 g/mol. The van der Waals surface area contributed by atoms with Gasteiger partial charge in [0.1, 0.15) is 5.60 Å². The molecule has 1 aromatic rings. The van der Waals surface area contributed by atoms with Gasteiger partial charge in [0.05, 0.1) is 5.71 Å². The number of piperidine rings is 1. The summed E-state index contributed by atoms with van der Waals surface area (Å²) in [7, 11) is 0. The van der Waals surface area contributed by atoms with Crippen LogP contribution in [0, 0.1) is 0 Å². The lowest BCUT2D eigenvalue weighted by Gasteiger charge is -2.30. The second-order valence-corrected chi connectivity index (χ2v) is 4.61. The molecule has 0 saturated carbocycles. The largest absolute Gasteiger partial charge is 0.388 e. The van der Waals surface area contributed by atoms with Crippen molar-refractivity contribution in [2.75, 3.05) is 13.1 Å². The van der Waals surface area contributed by atoms with Gasteiger partial charge in [-0.05, 0) is 18.7 Å². The van der Waals surface area contributed by atoms with Gasteiger partial charge in [-0.15, -0.1) is 0 Å². The van der Waals surface area contributed by atoms with Crippen molar-refractivity contribution in [1.29, 1.82) is 0 Å². The zero-order valence-corrected chi connectivity index (χ0v) is 9.28. The Bertz CT molecular complexity index is 394. The molecule has 0 atom stereocenters. The number of nitrogens with one attached hydrogen (secondary N) is 1. The van der Waals surface area contributed by atoms with E-state index in [0.717, 1.165) is 38.1 Å². The Kier molecular flexibility index (Phi) is 2.40. The highest BCUT2D eigenvalue weighted by Gasteiger charge is 2.40. The summed E-state index contributed by atoms with van der Waals surface area (Å²) in [6.45, 7) is 2.08. The molecule has 1 fully saturated rings. The molecule has 1 aromatic carbocycles. The molecule has 1 spiro atoms. The Morgan fingerprint density at radius 1 is 1.12 bits per heavy atom. The van der Waals surface area contributed by atoms with Crippen LogP contribution in [0.25, 0.3) is 0 Å². The third kappa shape index (κ3) is 1.71. The Balaban J connectivity index is 1.77. The first-order chi connectivity index (χ1) is 7.88. The standard InChI is InChI=1S/C13H16N2O/c1-2-4-11(5-3-1)12-10-13(16-15-12)6-8-14-9-7-13/h1-5,14H,6-10H2. The fraction of sp³-hybridized carbons (Fsp3) is 0.462. The van der Waals surface area contributed by atoms with Gasteiger partial charge in [-0.25, -0.2) is 0 Å². The molecule has 3 rings (SSSR count). The first-order valence-electron chi connectivity index (χ1n) is 5.89. The fourth-order valence-electron chi connectivity index (χ4n) is 2.46. The molecule has 84 valence electrons. The number of nitrogens with zero attached hydrogens (tertiary/aromatic N) is 1. The maximum atomic E-state index is 5.70. The quantitative estimate of drug-likeness (QED) is 0.778. The van der Waals surface area contributed by atoms with E-state index in [-0.39, 0.29) is 5.60 Å². The summed E-state index contributed by atoms with van der Waals surface area (Å²) in [6, 6.07) is 10.3. The van der Waals surface area contributed by atoms with E-state index >= 15 is 0 Å². The molecular formula is C13H16N2O. The Hall–Kier alpha value is -1.35. The molecule has 3 nitrogen and oxygen atoms in total. The highest BCUT2D eigenvalue weighted by Crippen LogP contribution is 2.34. The smallest absolute Gasteiger partial charge is 0.145 e. The van der Waals surface area contributed by atoms with E-state index in [4.69, 9.17) is 4.84 Å². The molecule has 3 heteroatoms. The topological polar surface area (TPSA) is 33.6 Å². The second-order valence-electron chi connectivity index (χ2n) is 4.61. The van der Waals surface area contributed by atoms with E-state index in [1.54, 1.807) is 0 Å². The van der Waals surface area contributed by atoms with Gasteiger partial charge in [0.15, 0.2) is 0 Å². The van der Waals surface area contributed by atoms with E-state index in [1.165, 1.54) is 5.56 Å². The van der Waals surface area contributed by atoms with Gasteiger partial charge >= 0.3 is 0 Å². The summed E-state index contributed by atoms with van der Waals surface area (Å²) >= 11 is 0. The van der Waals surface area contributed by atoms with Gasteiger partial charge in [-0.1, -0.05) is 35.5 Å². The SMILES string of the molecule is c1ccc(C2=NOC3(CCNCC3)C2)cc1. The molecule has 2 aliphatic heterocycles. The van der Waals surface area contributed by atoms with Crippen LogP contribution in [0.2, 0.25) is 0 Å². The summed E-state index contributed by atoms with van der Waals surface area (Å²) in [4.78, 5) is 5.70. The van der Waals surface area contributed by atoms with Crippen LogP contribution in [0.1, 0.15) is 24.8 Å². The van der Waals surface area contributed by atoms with E-state index in [0.29, 0.717) is 0 Å². The molecular weight excluding hydrogens is 200 g/mol. The lowest BCUT2D eigenvalue weighted by molar-refractivity contribution is -0.0400. The predicted molar refractivity (Wildman–Crippen MR) is 63.5 cm³/mol. The molecule has 2 heterocycles. The highest BCUT2D eigenvalue weighted by molar-refractivity contribution is 6.01. The molecule has 0 bridgehead atoms. The van der Waals surface area contributed by atoms with E-state index < -0.39 is 0 Å². The van der Waals surface area contributed by atoms with Crippen LogP contribution in [0.5, 0.6) is 0 Å². The molecule has 1 saturated heterocycles. The molecule has 0 aliphatic carbocycles. The fourth-order valence-corrected chi connectivity index (χ4v) is 2.46. The summed E-state index contributed by atoms with van der Waals surface area (Å²) in [5.74, 6) is 0. The minimum absolute atomic E-state index is 0.0174. The van der Waals surface area contributed by atoms with Crippen molar-refractivity contribution >= 4 is 5.71 Å². The number of rotatable bonds is 1. The van der Waals surface area contributed by atoms with Crippen molar-refractivity contribution in [3.8, 4) is 0 Å². The van der Waals surface area contributed by atoms with Gasteiger partial charge in [0.25, 0.3) is 0 Å². The first kappa shape index (κ1) is 9.85. The van der Waals surface area contributed by atoms with Crippen molar-refractivity contribution < 1.29 is 4.84 Å². The van der Waals surface area contributed by atoms with Crippen molar-refractivity contribution in [3.05, 3.63) is 35.9 Å². The van der Waals surface area contributed by atoms with Gasteiger partial charge in [0.2, 0.25) is 0 Å². The monoisotopic (exact) mass is 216 g/mol. The van der Waals surface area contributed by atoms with Crippen LogP contribution in [-0.4, -0.2) is 24.4 Å². The van der Waals surface area contributed by atoms with Crippen LogP contribution in [0.4, 0.5) is 0 Å². The van der Waals surface area contributed by atoms with Crippen molar-refractivity contribution in [1.82, 2.24) is 5.32 Å². The van der Waals surface area contributed by atoms with Gasteiger partial charge in [-0.3, -0.25) is 0 Å². The van der Waals surface area contributed by atoms with Crippen LogP contribution in [0.15, 0.2) is 35.5 Å². The lowest BCUT2D eigenvalue weighted by Crippen LogP contribution is -2.42. The average Bonchev–Trinajstić information content (AvgIpc) is 2.75. The number of hydrogen-bond donors (Lipinski definition) is 1. The van der Waals surface area contributed by atoms with E-state index in [1.807, 2.05) is 18.2 Å². The molecule has 0 aromatic heterocycles. The summed E-state index contributed by atoms with van der Waals surface area (Å²) < 4.78 is 0. The lowest BCUT2D eigenvalue weighted by atomic mass is 9.86. The van der Waals surface area contributed by atoms with Gasteiger partial charge in [0, 0.05) is 19.3 Å². The number of hydrogen-bond acceptors (Lipinski definition) is 3. The molecule has 1 N–H and O–H groups in total. The zero-order valence-electron chi connectivity index (χ0n) is 9.28. The highest BCUT2D eigenvalue weighted by atomic mass is 16.7. The molecule has 0 unspecified atom stereocenters. The number of benzene rings is 1. The molecule has 16 heavy (non-hydrogen) atoms. The maximum Gasteiger partial charge on any atom is 0.145 e. The first-order valence-corrected chi connectivity index (χ1v) is 5.89. The number of oxime groups is 1. The van der Waals surface area contributed by atoms with Crippen molar-refractivity contribution in [3.63, 3.8) is 0 Å². The third-order valence-corrected chi connectivity index (χ3v) is 3.46.